The van der Waals surface area contributed by atoms with E-state index in [-0.39, 0.29) is 0 Å². The van der Waals surface area contributed by atoms with E-state index in [2.05, 4.69) is 28.8 Å². The number of piperazine rings is 1. The zero-order chi connectivity index (χ0) is 15.3. The van der Waals surface area contributed by atoms with Crippen molar-refractivity contribution in [3.63, 3.8) is 0 Å². The molecule has 2 aliphatic rings. The van der Waals surface area contributed by atoms with Gasteiger partial charge in [-0.15, -0.1) is 0 Å². The topological polar surface area (TPSA) is 56.2 Å². The molecule has 1 N–H and O–H groups in total. The lowest BCUT2D eigenvalue weighted by Crippen LogP contribution is -2.54. The molecule has 21 heavy (non-hydrogen) atoms. The van der Waals surface area contributed by atoms with Gasteiger partial charge in [-0.1, -0.05) is 0 Å². The number of ether oxygens (including phenoxy) is 1. The fourth-order valence-corrected chi connectivity index (χ4v) is 3.15. The van der Waals surface area contributed by atoms with E-state index in [1.165, 1.54) is 0 Å². The second-order valence-electron chi connectivity index (χ2n) is 6.66. The number of likely N-dealkylation sites (N-methyl/N-ethyl adjacent to an activating group) is 1. The quantitative estimate of drug-likeness (QED) is 0.748. The largest absolute Gasteiger partial charge is 0.481 e. The molecule has 1 unspecified atom stereocenters. The second-order valence-corrected chi connectivity index (χ2v) is 6.66. The van der Waals surface area contributed by atoms with Crippen molar-refractivity contribution in [2.45, 2.75) is 12.8 Å². The van der Waals surface area contributed by atoms with Crippen LogP contribution in [0.4, 0.5) is 0 Å². The third-order valence-corrected chi connectivity index (χ3v) is 4.63. The SMILES string of the molecule is CN(C)CCN1CCN(CC2(C(=O)O)CCCOC2)CC1. The number of aliphatic carboxylic acids is 1. The number of nitrogens with zero attached hydrogens (tertiary/aromatic N) is 3. The fourth-order valence-electron chi connectivity index (χ4n) is 3.15. The third kappa shape index (κ3) is 4.64. The minimum Gasteiger partial charge on any atom is -0.481 e. The van der Waals surface area contributed by atoms with Gasteiger partial charge in [-0.3, -0.25) is 14.6 Å². The molecule has 6 nitrogen and oxygen atoms in total. The first-order chi connectivity index (χ1) is 10.0. The van der Waals surface area contributed by atoms with Gasteiger partial charge in [-0.25, -0.2) is 0 Å². The maximum absolute atomic E-state index is 11.7. The van der Waals surface area contributed by atoms with Gasteiger partial charge >= 0.3 is 5.97 Å². The number of hydrogen-bond acceptors (Lipinski definition) is 5. The molecule has 2 fully saturated rings. The van der Waals surface area contributed by atoms with E-state index in [9.17, 15) is 9.90 Å². The molecule has 2 heterocycles. The van der Waals surface area contributed by atoms with E-state index in [0.29, 0.717) is 19.8 Å². The van der Waals surface area contributed by atoms with Gasteiger partial charge in [0, 0.05) is 52.4 Å². The summed E-state index contributed by atoms with van der Waals surface area (Å²) in [5, 5.41) is 9.59. The van der Waals surface area contributed by atoms with Crippen molar-refractivity contribution < 1.29 is 14.6 Å². The minimum absolute atomic E-state index is 0.364. The Hall–Kier alpha value is -0.690. The Labute approximate surface area is 127 Å². The van der Waals surface area contributed by atoms with Crippen molar-refractivity contribution in [3.05, 3.63) is 0 Å². The normalized spacial score (nSPS) is 28.9. The van der Waals surface area contributed by atoms with Crippen LogP contribution in [0.5, 0.6) is 0 Å². The Bertz CT molecular complexity index is 335. The molecule has 2 aliphatic heterocycles. The highest BCUT2D eigenvalue weighted by molar-refractivity contribution is 5.75. The zero-order valence-corrected chi connectivity index (χ0v) is 13.4. The monoisotopic (exact) mass is 299 g/mol. The zero-order valence-electron chi connectivity index (χ0n) is 13.4. The Kier molecular flexibility index (Phi) is 5.98. The summed E-state index contributed by atoms with van der Waals surface area (Å²) in [4.78, 5) is 18.6. The van der Waals surface area contributed by atoms with Crippen LogP contribution in [-0.4, -0.2) is 98.9 Å². The first-order valence-corrected chi connectivity index (χ1v) is 7.92. The molecular formula is C15H29N3O3. The molecule has 2 saturated heterocycles. The summed E-state index contributed by atoms with van der Waals surface area (Å²) in [6.07, 6.45) is 1.60. The van der Waals surface area contributed by atoms with Gasteiger partial charge in [-0.05, 0) is 26.9 Å². The van der Waals surface area contributed by atoms with Gasteiger partial charge in [0.15, 0.2) is 0 Å². The molecule has 0 radical (unpaired) electrons. The van der Waals surface area contributed by atoms with Gasteiger partial charge in [0.25, 0.3) is 0 Å². The lowest BCUT2D eigenvalue weighted by Gasteiger charge is -2.41. The fraction of sp³-hybridized carbons (Fsp3) is 0.933. The lowest BCUT2D eigenvalue weighted by molar-refractivity contribution is -0.159. The molecule has 0 aliphatic carbocycles. The average Bonchev–Trinajstić information content (AvgIpc) is 2.47. The first-order valence-electron chi connectivity index (χ1n) is 7.92. The smallest absolute Gasteiger partial charge is 0.313 e. The van der Waals surface area contributed by atoms with E-state index in [0.717, 1.165) is 52.1 Å². The second kappa shape index (κ2) is 7.54. The molecular weight excluding hydrogens is 270 g/mol. The summed E-state index contributed by atoms with van der Waals surface area (Å²) < 4.78 is 5.45. The molecule has 122 valence electrons. The highest BCUT2D eigenvalue weighted by Crippen LogP contribution is 2.30. The number of rotatable bonds is 6. The van der Waals surface area contributed by atoms with Crippen LogP contribution in [0.15, 0.2) is 0 Å². The van der Waals surface area contributed by atoms with Crippen LogP contribution in [0.2, 0.25) is 0 Å². The van der Waals surface area contributed by atoms with E-state index < -0.39 is 11.4 Å². The van der Waals surface area contributed by atoms with E-state index >= 15 is 0 Å². The predicted octanol–water partition coefficient (Wildman–Crippen LogP) is 0.0470. The summed E-state index contributed by atoms with van der Waals surface area (Å²) in [7, 11) is 4.19. The number of carboxylic acid groups (broad SMARTS) is 1. The summed E-state index contributed by atoms with van der Waals surface area (Å²) in [6.45, 7) is 7.85. The first kappa shape index (κ1) is 16.7. The van der Waals surface area contributed by atoms with Crippen molar-refractivity contribution in [3.8, 4) is 0 Å². The molecule has 6 heteroatoms. The number of hydrogen-bond donors (Lipinski definition) is 1. The maximum atomic E-state index is 11.7. The van der Waals surface area contributed by atoms with Crippen molar-refractivity contribution >= 4 is 5.97 Å². The van der Waals surface area contributed by atoms with Gasteiger partial charge in [-0.2, -0.15) is 0 Å². The predicted molar refractivity (Wildman–Crippen MR) is 81.6 cm³/mol. The molecule has 0 aromatic rings. The van der Waals surface area contributed by atoms with Crippen LogP contribution in [0.3, 0.4) is 0 Å². The van der Waals surface area contributed by atoms with E-state index in [4.69, 9.17) is 4.74 Å². The number of carboxylic acids is 1. The van der Waals surface area contributed by atoms with Crippen molar-refractivity contribution in [2.75, 3.05) is 73.1 Å². The molecule has 0 amide bonds. The van der Waals surface area contributed by atoms with E-state index in [1.807, 2.05) is 0 Å². The van der Waals surface area contributed by atoms with Crippen molar-refractivity contribution in [2.24, 2.45) is 5.41 Å². The average molecular weight is 299 g/mol. The molecule has 0 saturated carbocycles. The summed E-state index contributed by atoms with van der Waals surface area (Å²) >= 11 is 0. The van der Waals surface area contributed by atoms with Crippen molar-refractivity contribution in [1.82, 2.24) is 14.7 Å². The highest BCUT2D eigenvalue weighted by atomic mass is 16.5. The Morgan fingerprint density at radius 1 is 1.24 bits per heavy atom. The van der Waals surface area contributed by atoms with Gasteiger partial charge in [0.1, 0.15) is 5.41 Å². The van der Waals surface area contributed by atoms with E-state index in [1.54, 1.807) is 0 Å². The van der Waals surface area contributed by atoms with Crippen LogP contribution in [0.1, 0.15) is 12.8 Å². The van der Waals surface area contributed by atoms with Crippen LogP contribution < -0.4 is 0 Å². The lowest BCUT2D eigenvalue weighted by atomic mass is 9.82. The molecule has 0 spiro atoms. The molecule has 2 rings (SSSR count). The van der Waals surface area contributed by atoms with Crippen molar-refractivity contribution in [1.29, 1.82) is 0 Å². The maximum Gasteiger partial charge on any atom is 0.313 e. The van der Waals surface area contributed by atoms with Crippen LogP contribution >= 0.6 is 0 Å². The Morgan fingerprint density at radius 3 is 2.43 bits per heavy atom. The Morgan fingerprint density at radius 2 is 1.90 bits per heavy atom. The van der Waals surface area contributed by atoms with Crippen LogP contribution in [0.25, 0.3) is 0 Å². The molecule has 0 bridgehead atoms. The summed E-state index contributed by atoms with van der Waals surface area (Å²) in [6, 6.07) is 0. The van der Waals surface area contributed by atoms with Crippen LogP contribution in [0, 0.1) is 5.41 Å². The van der Waals surface area contributed by atoms with Gasteiger partial charge in [0.05, 0.1) is 6.61 Å². The molecule has 0 aromatic heterocycles. The standard InChI is InChI=1S/C15H29N3O3/c1-16(2)5-6-17-7-9-18(10-8-17)12-15(14(19)20)4-3-11-21-13-15/h3-13H2,1-2H3,(H,19,20). The Balaban J connectivity index is 1.80. The summed E-state index contributed by atoms with van der Waals surface area (Å²) in [5.74, 6) is -0.697. The minimum atomic E-state index is -0.697. The van der Waals surface area contributed by atoms with Gasteiger partial charge in [0.2, 0.25) is 0 Å². The number of carbonyl (C=O) groups is 1. The highest BCUT2D eigenvalue weighted by Gasteiger charge is 2.42. The molecule has 0 aromatic carbocycles. The van der Waals surface area contributed by atoms with Crippen LogP contribution in [-0.2, 0) is 9.53 Å². The third-order valence-electron chi connectivity index (χ3n) is 4.63. The van der Waals surface area contributed by atoms with Gasteiger partial charge < -0.3 is 14.7 Å². The molecule has 1 atom stereocenters. The summed E-state index contributed by atoms with van der Waals surface area (Å²) in [5.41, 5.74) is -0.690.